The number of ether oxygens (including phenoxy) is 1. The van der Waals surface area contributed by atoms with Gasteiger partial charge in [0.15, 0.2) is 0 Å². The van der Waals surface area contributed by atoms with Gasteiger partial charge in [-0.2, -0.15) is 0 Å². The van der Waals surface area contributed by atoms with Crippen molar-refractivity contribution in [1.29, 1.82) is 0 Å². The normalized spacial score (nSPS) is 26.4. The fourth-order valence-corrected chi connectivity index (χ4v) is 2.14. The van der Waals surface area contributed by atoms with Crippen molar-refractivity contribution in [3.8, 4) is 0 Å². The molecule has 1 aliphatic heterocycles. The summed E-state index contributed by atoms with van der Waals surface area (Å²) in [6.45, 7) is 2.44. The van der Waals surface area contributed by atoms with Gasteiger partial charge in [-0.25, -0.2) is 0 Å². The molecule has 0 spiro atoms. The largest absolute Gasteiger partial charge is 0.398 e. The molecule has 104 valence electrons. The summed E-state index contributed by atoms with van der Waals surface area (Å²) in [4.78, 5) is 12.0. The van der Waals surface area contributed by atoms with Gasteiger partial charge in [0, 0.05) is 25.1 Å². The smallest absolute Gasteiger partial charge is 0.251 e. The zero-order valence-corrected chi connectivity index (χ0v) is 11.4. The molecule has 5 nitrogen and oxygen atoms in total. The van der Waals surface area contributed by atoms with Gasteiger partial charge in [-0.05, 0) is 25.1 Å². The van der Waals surface area contributed by atoms with Crippen molar-refractivity contribution < 1.29 is 14.6 Å². The Balaban J connectivity index is 1.99. The van der Waals surface area contributed by atoms with E-state index in [1.165, 1.54) is 6.07 Å². The van der Waals surface area contributed by atoms with Crippen LogP contribution in [0.3, 0.4) is 0 Å². The van der Waals surface area contributed by atoms with Crippen molar-refractivity contribution in [2.24, 2.45) is 0 Å². The highest BCUT2D eigenvalue weighted by atomic mass is 35.5. The molecule has 1 aromatic carbocycles. The van der Waals surface area contributed by atoms with Gasteiger partial charge in [-0.1, -0.05) is 11.6 Å². The minimum absolute atomic E-state index is 0.148. The monoisotopic (exact) mass is 284 g/mol. The Morgan fingerprint density at radius 3 is 3.00 bits per heavy atom. The molecule has 19 heavy (non-hydrogen) atoms. The molecular formula is C13H17ClN2O3. The lowest BCUT2D eigenvalue weighted by Gasteiger charge is -2.26. The number of amides is 1. The summed E-state index contributed by atoms with van der Waals surface area (Å²) >= 11 is 5.79. The van der Waals surface area contributed by atoms with E-state index in [0.29, 0.717) is 29.3 Å². The molecule has 0 aromatic heterocycles. The Kier molecular flexibility index (Phi) is 3.99. The van der Waals surface area contributed by atoms with Gasteiger partial charge in [0.2, 0.25) is 0 Å². The van der Waals surface area contributed by atoms with E-state index in [4.69, 9.17) is 22.1 Å². The van der Waals surface area contributed by atoms with Gasteiger partial charge in [-0.15, -0.1) is 0 Å². The third kappa shape index (κ3) is 3.00. The molecule has 1 amide bonds. The summed E-state index contributed by atoms with van der Waals surface area (Å²) in [5, 5.41) is 13.4. The molecule has 1 fully saturated rings. The van der Waals surface area contributed by atoms with Gasteiger partial charge in [-0.3, -0.25) is 4.79 Å². The average molecular weight is 285 g/mol. The molecule has 2 rings (SSSR count). The number of nitrogens with two attached hydrogens (primary N) is 1. The van der Waals surface area contributed by atoms with Gasteiger partial charge in [0.05, 0.1) is 16.8 Å². The number of carbonyl (C=O) groups excluding carboxylic acids is 1. The van der Waals surface area contributed by atoms with Crippen LogP contribution >= 0.6 is 11.6 Å². The lowest BCUT2D eigenvalue weighted by molar-refractivity contribution is -0.0251. The maximum Gasteiger partial charge on any atom is 0.251 e. The van der Waals surface area contributed by atoms with Crippen LogP contribution in [0.25, 0.3) is 0 Å². The van der Waals surface area contributed by atoms with Crippen LogP contribution in [-0.4, -0.2) is 35.9 Å². The number of hydrogen-bond acceptors (Lipinski definition) is 4. The Bertz CT molecular complexity index is 495. The molecule has 6 heteroatoms. The van der Waals surface area contributed by atoms with E-state index in [-0.39, 0.29) is 18.6 Å². The Morgan fingerprint density at radius 1 is 1.68 bits per heavy atom. The fraction of sp³-hybridized carbons (Fsp3) is 0.462. The van der Waals surface area contributed by atoms with Crippen LogP contribution in [-0.2, 0) is 4.74 Å². The van der Waals surface area contributed by atoms with E-state index in [1.54, 1.807) is 19.1 Å². The number of rotatable bonds is 3. The van der Waals surface area contributed by atoms with Crippen LogP contribution in [0, 0.1) is 0 Å². The van der Waals surface area contributed by atoms with Gasteiger partial charge >= 0.3 is 0 Å². The van der Waals surface area contributed by atoms with Crippen molar-refractivity contribution in [3.63, 3.8) is 0 Å². The predicted molar refractivity (Wildman–Crippen MR) is 73.2 cm³/mol. The van der Waals surface area contributed by atoms with Crippen LogP contribution < -0.4 is 11.1 Å². The number of nitrogen functional groups attached to an aromatic ring is 1. The molecule has 4 N–H and O–H groups in total. The van der Waals surface area contributed by atoms with E-state index < -0.39 is 5.60 Å². The van der Waals surface area contributed by atoms with Crippen molar-refractivity contribution >= 4 is 23.2 Å². The molecule has 1 aromatic rings. The lowest BCUT2D eigenvalue weighted by Crippen LogP contribution is -2.47. The first-order chi connectivity index (χ1) is 8.92. The number of anilines is 1. The van der Waals surface area contributed by atoms with Gasteiger partial charge < -0.3 is 20.9 Å². The number of benzene rings is 1. The van der Waals surface area contributed by atoms with E-state index in [0.717, 1.165) is 0 Å². The topological polar surface area (TPSA) is 84.6 Å². The average Bonchev–Trinajstić information content (AvgIpc) is 2.71. The van der Waals surface area contributed by atoms with E-state index in [2.05, 4.69) is 5.32 Å². The Hall–Kier alpha value is -1.30. The highest BCUT2D eigenvalue weighted by Crippen LogP contribution is 2.25. The van der Waals surface area contributed by atoms with E-state index in [1.807, 2.05) is 0 Å². The van der Waals surface area contributed by atoms with Crippen molar-refractivity contribution in [2.75, 3.05) is 18.9 Å². The second kappa shape index (κ2) is 5.36. The summed E-state index contributed by atoms with van der Waals surface area (Å²) in [6, 6.07) is 4.67. The van der Waals surface area contributed by atoms with Crippen LogP contribution in [0.2, 0.25) is 5.02 Å². The van der Waals surface area contributed by atoms with Crippen LogP contribution in [0.5, 0.6) is 0 Å². The fourth-order valence-electron chi connectivity index (χ4n) is 2.02. The van der Waals surface area contributed by atoms with Gasteiger partial charge in [0.1, 0.15) is 5.60 Å². The molecular weight excluding hydrogens is 268 g/mol. The van der Waals surface area contributed by atoms with E-state index >= 15 is 0 Å². The highest BCUT2D eigenvalue weighted by molar-refractivity contribution is 6.33. The molecule has 1 aliphatic rings. The summed E-state index contributed by atoms with van der Waals surface area (Å²) in [5.41, 5.74) is 5.40. The number of hydrogen-bond donors (Lipinski definition) is 3. The van der Waals surface area contributed by atoms with Crippen LogP contribution in [0.15, 0.2) is 18.2 Å². The zero-order valence-electron chi connectivity index (χ0n) is 10.6. The molecule has 1 heterocycles. The molecule has 0 radical (unpaired) electrons. The minimum Gasteiger partial charge on any atom is -0.398 e. The molecule has 0 aliphatic carbocycles. The summed E-state index contributed by atoms with van der Waals surface area (Å²) in [6.07, 6.45) is 0.222. The molecule has 2 unspecified atom stereocenters. The zero-order chi connectivity index (χ0) is 14.0. The first kappa shape index (κ1) is 14.1. The second-order valence-corrected chi connectivity index (χ2v) is 5.19. The van der Waals surface area contributed by atoms with Crippen molar-refractivity contribution in [1.82, 2.24) is 5.32 Å². The van der Waals surface area contributed by atoms with Crippen LogP contribution in [0.1, 0.15) is 23.7 Å². The highest BCUT2D eigenvalue weighted by Gasteiger charge is 2.39. The predicted octanol–water partition coefficient (Wildman–Crippen LogP) is 1.19. The third-order valence-corrected chi connectivity index (χ3v) is 3.82. The second-order valence-electron chi connectivity index (χ2n) is 4.79. The SMILES string of the molecule is CC1OCCC1(O)CNC(=O)c1ccc(Cl)c(N)c1. The third-order valence-electron chi connectivity index (χ3n) is 3.47. The summed E-state index contributed by atoms with van der Waals surface area (Å²) in [7, 11) is 0. The number of aliphatic hydroxyl groups is 1. The van der Waals surface area contributed by atoms with Crippen LogP contribution in [0.4, 0.5) is 5.69 Å². The summed E-state index contributed by atoms with van der Waals surface area (Å²) in [5.74, 6) is -0.295. The Morgan fingerprint density at radius 2 is 2.42 bits per heavy atom. The lowest BCUT2D eigenvalue weighted by atomic mass is 9.96. The summed E-state index contributed by atoms with van der Waals surface area (Å²) < 4.78 is 5.30. The first-order valence-electron chi connectivity index (χ1n) is 6.09. The number of halogens is 1. The number of carbonyl (C=O) groups is 1. The molecule has 1 saturated heterocycles. The standard InChI is InChI=1S/C13H17ClN2O3/c1-8-13(18,4-5-19-8)7-16-12(17)9-2-3-10(14)11(15)6-9/h2-3,6,8,18H,4-5,7,15H2,1H3,(H,16,17). The minimum atomic E-state index is -1.01. The molecule has 0 saturated carbocycles. The Labute approximate surface area is 116 Å². The maximum absolute atomic E-state index is 12.0. The molecule has 0 bridgehead atoms. The maximum atomic E-state index is 12.0. The van der Waals surface area contributed by atoms with E-state index in [9.17, 15) is 9.90 Å². The first-order valence-corrected chi connectivity index (χ1v) is 6.47. The van der Waals surface area contributed by atoms with Crippen molar-refractivity contribution in [2.45, 2.75) is 25.0 Å². The van der Waals surface area contributed by atoms with Gasteiger partial charge in [0.25, 0.3) is 5.91 Å². The quantitative estimate of drug-likeness (QED) is 0.728. The molecule has 2 atom stereocenters. The van der Waals surface area contributed by atoms with Crippen molar-refractivity contribution in [3.05, 3.63) is 28.8 Å². The number of nitrogens with one attached hydrogen (secondary N) is 1.